The molecule has 1 amide bonds. The van der Waals surface area contributed by atoms with E-state index in [2.05, 4.69) is 5.32 Å². The molecule has 2 aliphatic heterocycles. The van der Waals surface area contributed by atoms with E-state index < -0.39 is 26.0 Å². The van der Waals surface area contributed by atoms with Crippen LogP contribution < -0.4 is 5.32 Å². The van der Waals surface area contributed by atoms with Crippen LogP contribution in [0.3, 0.4) is 0 Å². The van der Waals surface area contributed by atoms with Crippen molar-refractivity contribution >= 4 is 31.6 Å². The first-order chi connectivity index (χ1) is 16.6. The topological polar surface area (TPSA) is 122 Å². The molecule has 0 radical (unpaired) electrons. The van der Waals surface area contributed by atoms with Crippen molar-refractivity contribution in [1.82, 2.24) is 8.61 Å². The van der Waals surface area contributed by atoms with E-state index >= 15 is 0 Å². The normalized spacial score (nSPS) is 22.6. The molecule has 10 nitrogen and oxygen atoms in total. The van der Waals surface area contributed by atoms with Crippen LogP contribution in [0.1, 0.15) is 24.2 Å². The van der Waals surface area contributed by atoms with Crippen molar-refractivity contribution in [2.24, 2.45) is 0 Å². The third-order valence-electron chi connectivity index (χ3n) is 5.84. The van der Waals surface area contributed by atoms with Gasteiger partial charge in [0.05, 0.1) is 35.2 Å². The Hall–Kier alpha value is -2.35. The van der Waals surface area contributed by atoms with Gasteiger partial charge in [0.15, 0.2) is 0 Å². The summed E-state index contributed by atoms with van der Waals surface area (Å²) in [4.78, 5) is 13.0. The number of sulfonamides is 2. The summed E-state index contributed by atoms with van der Waals surface area (Å²) in [6.45, 7) is 5.41. The van der Waals surface area contributed by atoms with Crippen LogP contribution >= 0.6 is 0 Å². The summed E-state index contributed by atoms with van der Waals surface area (Å²) >= 11 is 0. The molecular weight excluding hydrogens is 494 g/mol. The van der Waals surface area contributed by atoms with E-state index in [-0.39, 0.29) is 40.7 Å². The lowest BCUT2D eigenvalue weighted by Crippen LogP contribution is -2.48. The predicted octanol–water partition coefficient (Wildman–Crippen LogP) is 1.76. The fraction of sp³-hybridized carbons (Fsp3) is 0.435. The number of carbonyl (C=O) groups excluding carboxylic acids is 1. The van der Waals surface area contributed by atoms with Gasteiger partial charge in [-0.1, -0.05) is 6.07 Å². The molecule has 2 aliphatic rings. The van der Waals surface area contributed by atoms with Crippen LogP contribution in [-0.2, 0) is 29.5 Å². The number of anilines is 1. The minimum Gasteiger partial charge on any atom is -0.379 e. The van der Waals surface area contributed by atoms with E-state index in [1.54, 1.807) is 0 Å². The second-order valence-corrected chi connectivity index (χ2v) is 12.5. The van der Waals surface area contributed by atoms with Crippen molar-refractivity contribution in [3.05, 3.63) is 54.1 Å². The van der Waals surface area contributed by atoms with Gasteiger partial charge in [0.25, 0.3) is 5.91 Å². The van der Waals surface area contributed by atoms with Gasteiger partial charge in [-0.2, -0.15) is 8.61 Å². The minimum atomic E-state index is -3.80. The van der Waals surface area contributed by atoms with E-state index in [0.717, 1.165) is 0 Å². The van der Waals surface area contributed by atoms with E-state index in [1.165, 1.54) is 57.1 Å². The molecule has 2 aromatic rings. The highest BCUT2D eigenvalue weighted by molar-refractivity contribution is 7.89. The van der Waals surface area contributed by atoms with Crippen LogP contribution in [0.2, 0.25) is 0 Å². The highest BCUT2D eigenvalue weighted by Gasteiger charge is 2.32. The quantitative estimate of drug-likeness (QED) is 0.612. The highest BCUT2D eigenvalue weighted by Crippen LogP contribution is 2.23. The Morgan fingerprint density at radius 1 is 0.857 bits per heavy atom. The standard InChI is InChI=1S/C23H29N3O7S2/c1-17-15-26(16-18(2)33-17)35(30,31)22-5-3-4-19(14-22)23(27)24-20-6-8-21(9-7-20)34(28,29)25-10-12-32-13-11-25/h3-9,14,17-18H,10-13,15-16H2,1-2H3,(H,24,27)/t17-,18-/m0/s1. The minimum absolute atomic E-state index is 0.0263. The Morgan fingerprint density at radius 3 is 2.09 bits per heavy atom. The lowest BCUT2D eigenvalue weighted by atomic mass is 10.2. The van der Waals surface area contributed by atoms with Crippen LogP contribution in [0.25, 0.3) is 0 Å². The molecule has 0 unspecified atom stereocenters. The summed E-state index contributed by atoms with van der Waals surface area (Å²) in [5.74, 6) is -0.505. The summed E-state index contributed by atoms with van der Waals surface area (Å²) < 4.78 is 65.4. The lowest BCUT2D eigenvalue weighted by Gasteiger charge is -2.34. The second-order valence-electron chi connectivity index (χ2n) is 8.60. The highest BCUT2D eigenvalue weighted by atomic mass is 32.2. The Bertz CT molecular complexity index is 1260. The fourth-order valence-electron chi connectivity index (χ4n) is 4.12. The summed E-state index contributed by atoms with van der Waals surface area (Å²) in [7, 11) is -7.44. The smallest absolute Gasteiger partial charge is 0.255 e. The van der Waals surface area contributed by atoms with Crippen LogP contribution in [0.15, 0.2) is 58.3 Å². The Balaban J connectivity index is 1.47. The Labute approximate surface area is 205 Å². The number of nitrogens with one attached hydrogen (secondary N) is 1. The van der Waals surface area contributed by atoms with Gasteiger partial charge in [-0.25, -0.2) is 16.8 Å². The molecule has 190 valence electrons. The van der Waals surface area contributed by atoms with Gasteiger partial charge in [-0.15, -0.1) is 0 Å². The number of hydrogen-bond acceptors (Lipinski definition) is 7. The van der Waals surface area contributed by atoms with E-state index in [4.69, 9.17) is 9.47 Å². The monoisotopic (exact) mass is 523 g/mol. The van der Waals surface area contributed by atoms with Crippen LogP contribution in [0.5, 0.6) is 0 Å². The van der Waals surface area contributed by atoms with Gasteiger partial charge in [0.1, 0.15) is 0 Å². The first-order valence-corrected chi connectivity index (χ1v) is 14.2. The maximum atomic E-state index is 13.1. The van der Waals surface area contributed by atoms with Gasteiger partial charge in [-0.3, -0.25) is 4.79 Å². The molecule has 0 aromatic heterocycles. The average Bonchev–Trinajstić information content (AvgIpc) is 2.84. The molecule has 1 N–H and O–H groups in total. The fourth-order valence-corrected chi connectivity index (χ4v) is 7.17. The van der Waals surface area contributed by atoms with Crippen molar-refractivity contribution in [2.45, 2.75) is 35.8 Å². The molecule has 2 fully saturated rings. The molecule has 0 aliphatic carbocycles. The van der Waals surface area contributed by atoms with Gasteiger partial charge < -0.3 is 14.8 Å². The van der Waals surface area contributed by atoms with E-state index in [1.807, 2.05) is 13.8 Å². The van der Waals surface area contributed by atoms with Crippen LogP contribution in [-0.4, -0.2) is 83.0 Å². The van der Waals surface area contributed by atoms with Crippen molar-refractivity contribution < 1.29 is 31.1 Å². The van der Waals surface area contributed by atoms with Crippen molar-refractivity contribution in [3.63, 3.8) is 0 Å². The van der Waals surface area contributed by atoms with Gasteiger partial charge in [0.2, 0.25) is 20.0 Å². The van der Waals surface area contributed by atoms with E-state index in [9.17, 15) is 21.6 Å². The molecule has 2 heterocycles. The number of amides is 1. The molecular formula is C23H29N3O7S2. The number of benzene rings is 2. The zero-order valence-corrected chi connectivity index (χ0v) is 21.2. The van der Waals surface area contributed by atoms with Gasteiger partial charge in [0, 0.05) is 37.4 Å². The third kappa shape index (κ3) is 5.74. The van der Waals surface area contributed by atoms with Crippen molar-refractivity contribution in [2.75, 3.05) is 44.7 Å². The number of nitrogens with zero attached hydrogens (tertiary/aromatic N) is 2. The SMILES string of the molecule is C[C@H]1CN(S(=O)(=O)c2cccc(C(=O)Nc3ccc(S(=O)(=O)N4CCOCC4)cc3)c2)C[C@H](C)O1. The molecule has 0 bridgehead atoms. The van der Waals surface area contributed by atoms with Crippen LogP contribution in [0.4, 0.5) is 5.69 Å². The van der Waals surface area contributed by atoms with Gasteiger partial charge >= 0.3 is 0 Å². The maximum Gasteiger partial charge on any atom is 0.255 e. The Morgan fingerprint density at radius 2 is 1.46 bits per heavy atom. The lowest BCUT2D eigenvalue weighted by molar-refractivity contribution is -0.0440. The molecule has 2 aromatic carbocycles. The number of carbonyl (C=O) groups is 1. The molecule has 2 atom stereocenters. The summed E-state index contributed by atoms with van der Waals surface area (Å²) in [6.07, 6.45) is -0.454. The molecule has 12 heteroatoms. The Kier molecular flexibility index (Phi) is 7.60. The number of hydrogen-bond donors (Lipinski definition) is 1. The van der Waals surface area contributed by atoms with Crippen LogP contribution in [0, 0.1) is 0 Å². The van der Waals surface area contributed by atoms with Crippen molar-refractivity contribution in [1.29, 1.82) is 0 Å². The second kappa shape index (κ2) is 10.3. The molecule has 2 saturated heterocycles. The molecule has 0 saturated carbocycles. The summed E-state index contributed by atoms with van der Waals surface area (Å²) in [5, 5.41) is 2.69. The van der Waals surface area contributed by atoms with Crippen molar-refractivity contribution in [3.8, 4) is 0 Å². The zero-order valence-electron chi connectivity index (χ0n) is 19.6. The summed E-state index contributed by atoms with van der Waals surface area (Å²) in [5.41, 5.74) is 0.561. The third-order valence-corrected chi connectivity index (χ3v) is 9.58. The average molecular weight is 524 g/mol. The molecule has 4 rings (SSSR count). The predicted molar refractivity (Wildman–Crippen MR) is 129 cm³/mol. The first kappa shape index (κ1) is 25.7. The number of rotatable bonds is 6. The molecule has 35 heavy (non-hydrogen) atoms. The first-order valence-electron chi connectivity index (χ1n) is 11.3. The van der Waals surface area contributed by atoms with E-state index in [0.29, 0.717) is 32.0 Å². The summed E-state index contributed by atoms with van der Waals surface area (Å²) in [6, 6.07) is 11.7. The maximum absolute atomic E-state index is 13.1. The van der Waals surface area contributed by atoms with Gasteiger partial charge in [-0.05, 0) is 56.3 Å². The number of morpholine rings is 2. The molecule has 0 spiro atoms. The number of ether oxygens (including phenoxy) is 2. The zero-order chi connectivity index (χ0) is 25.2. The largest absolute Gasteiger partial charge is 0.379 e.